The largest absolute Gasteiger partial charge is 0.441 e. The Labute approximate surface area is 85.7 Å². The minimum Gasteiger partial charge on any atom is -0.441 e. The van der Waals surface area contributed by atoms with Gasteiger partial charge in [0.25, 0.3) is 0 Å². The van der Waals surface area contributed by atoms with E-state index in [1.54, 1.807) is 19.1 Å². The predicted molar refractivity (Wildman–Crippen MR) is 53.5 cm³/mol. The molecule has 0 atom stereocenters. The Morgan fingerprint density at radius 2 is 2.36 bits per heavy atom. The number of aryl methyl sites for hydroxylation is 1. The molecule has 1 aromatic heterocycles. The Hall–Kier alpha value is -1.35. The van der Waals surface area contributed by atoms with E-state index in [0.717, 1.165) is 11.8 Å². The van der Waals surface area contributed by atoms with Crippen molar-refractivity contribution in [1.29, 1.82) is 0 Å². The van der Waals surface area contributed by atoms with Crippen molar-refractivity contribution < 1.29 is 9.21 Å². The molecule has 1 aromatic carbocycles. The molecular weight excluding hydrogens is 202 g/mol. The molecule has 0 N–H and O–H groups in total. The van der Waals surface area contributed by atoms with E-state index >= 15 is 0 Å². The fourth-order valence-electron chi connectivity index (χ4n) is 1.42. The number of carbonyl (C=O) groups excluding carboxylic acids is 1. The molecule has 0 amide bonds. The van der Waals surface area contributed by atoms with Crippen molar-refractivity contribution in [3.63, 3.8) is 0 Å². The van der Waals surface area contributed by atoms with Crippen molar-refractivity contribution in [2.24, 2.45) is 0 Å². The van der Waals surface area contributed by atoms with Crippen LogP contribution in [0.2, 0.25) is 5.02 Å². The standard InChI is InChI=1S/C10H8ClNO2/c1-6-12-9-5-8(11)4-7(2-3-13)10(9)14-6/h3-5H,2H2,1H3. The van der Waals surface area contributed by atoms with Gasteiger partial charge in [-0.3, -0.25) is 0 Å². The lowest BCUT2D eigenvalue weighted by molar-refractivity contribution is -0.107. The second-order valence-electron chi connectivity index (χ2n) is 3.02. The van der Waals surface area contributed by atoms with Crippen LogP contribution in [0.4, 0.5) is 0 Å². The van der Waals surface area contributed by atoms with Gasteiger partial charge in [0.1, 0.15) is 11.8 Å². The molecule has 2 rings (SSSR count). The number of halogens is 1. The summed E-state index contributed by atoms with van der Waals surface area (Å²) in [6.07, 6.45) is 1.12. The number of fused-ring (bicyclic) bond motifs is 1. The lowest BCUT2D eigenvalue weighted by Crippen LogP contribution is -1.86. The highest BCUT2D eigenvalue weighted by Crippen LogP contribution is 2.24. The third-order valence-electron chi connectivity index (χ3n) is 1.94. The van der Waals surface area contributed by atoms with Gasteiger partial charge < -0.3 is 9.21 Å². The highest BCUT2D eigenvalue weighted by atomic mass is 35.5. The number of rotatable bonds is 2. The van der Waals surface area contributed by atoms with Crippen molar-refractivity contribution in [3.8, 4) is 0 Å². The number of oxazole rings is 1. The first kappa shape index (κ1) is 9.21. The Balaban J connectivity index is 2.72. The molecule has 2 aromatic rings. The Morgan fingerprint density at radius 1 is 1.57 bits per heavy atom. The molecule has 0 bridgehead atoms. The minimum absolute atomic E-state index is 0.297. The van der Waals surface area contributed by atoms with Gasteiger partial charge in [0, 0.05) is 23.9 Å². The van der Waals surface area contributed by atoms with Crippen molar-refractivity contribution in [2.45, 2.75) is 13.3 Å². The lowest BCUT2D eigenvalue weighted by Gasteiger charge is -1.96. The summed E-state index contributed by atoms with van der Waals surface area (Å²) in [6.45, 7) is 1.76. The predicted octanol–water partition coefficient (Wildman–Crippen LogP) is 2.53. The van der Waals surface area contributed by atoms with Crippen LogP contribution in [0.3, 0.4) is 0 Å². The number of carbonyl (C=O) groups is 1. The van der Waals surface area contributed by atoms with Gasteiger partial charge in [-0.05, 0) is 12.1 Å². The van der Waals surface area contributed by atoms with Gasteiger partial charge >= 0.3 is 0 Å². The third kappa shape index (κ3) is 1.51. The lowest BCUT2D eigenvalue weighted by atomic mass is 10.1. The zero-order valence-corrected chi connectivity index (χ0v) is 8.34. The fourth-order valence-corrected chi connectivity index (χ4v) is 1.65. The minimum atomic E-state index is 0.297. The zero-order valence-electron chi connectivity index (χ0n) is 7.58. The summed E-state index contributed by atoms with van der Waals surface area (Å²) in [6, 6.07) is 3.45. The Bertz CT molecular complexity index is 490. The molecule has 3 nitrogen and oxygen atoms in total. The molecule has 4 heteroatoms. The maximum atomic E-state index is 10.4. The first-order chi connectivity index (χ1) is 6.70. The summed E-state index contributed by atoms with van der Waals surface area (Å²) < 4.78 is 5.38. The second kappa shape index (κ2) is 3.42. The maximum Gasteiger partial charge on any atom is 0.192 e. The number of hydrogen-bond acceptors (Lipinski definition) is 3. The van der Waals surface area contributed by atoms with Crippen molar-refractivity contribution in [3.05, 3.63) is 28.6 Å². The summed E-state index contributed by atoms with van der Waals surface area (Å²) in [5.74, 6) is 0.578. The van der Waals surface area contributed by atoms with Crippen LogP contribution >= 0.6 is 11.6 Å². The average molecular weight is 210 g/mol. The van der Waals surface area contributed by atoms with Crippen LogP contribution in [-0.4, -0.2) is 11.3 Å². The number of hydrogen-bond donors (Lipinski definition) is 0. The summed E-state index contributed by atoms with van der Waals surface area (Å²) in [5, 5.41) is 0.572. The summed E-state index contributed by atoms with van der Waals surface area (Å²) in [5.41, 5.74) is 2.13. The normalized spacial score (nSPS) is 10.7. The van der Waals surface area contributed by atoms with E-state index in [9.17, 15) is 4.79 Å². The van der Waals surface area contributed by atoms with E-state index in [4.69, 9.17) is 16.0 Å². The summed E-state index contributed by atoms with van der Waals surface area (Å²) >= 11 is 5.87. The molecule has 0 saturated heterocycles. The summed E-state index contributed by atoms with van der Waals surface area (Å²) in [4.78, 5) is 14.6. The molecule has 0 fully saturated rings. The van der Waals surface area contributed by atoms with Crippen LogP contribution in [-0.2, 0) is 11.2 Å². The molecule has 0 aliphatic carbocycles. The molecule has 0 unspecified atom stereocenters. The van der Waals surface area contributed by atoms with Crippen LogP contribution in [0.1, 0.15) is 11.5 Å². The monoisotopic (exact) mass is 209 g/mol. The van der Waals surface area contributed by atoms with E-state index < -0.39 is 0 Å². The molecule has 0 saturated carbocycles. The quantitative estimate of drug-likeness (QED) is 0.714. The molecule has 14 heavy (non-hydrogen) atoms. The van der Waals surface area contributed by atoms with Crippen LogP contribution in [0.5, 0.6) is 0 Å². The van der Waals surface area contributed by atoms with Gasteiger partial charge in [0.05, 0.1) is 0 Å². The molecule has 1 heterocycles. The number of nitrogens with zero attached hydrogens (tertiary/aromatic N) is 1. The van der Waals surface area contributed by atoms with Crippen LogP contribution < -0.4 is 0 Å². The second-order valence-corrected chi connectivity index (χ2v) is 3.45. The SMILES string of the molecule is Cc1nc2cc(Cl)cc(CC=O)c2o1. The van der Waals surface area contributed by atoms with Gasteiger partial charge in [-0.25, -0.2) is 4.98 Å². The van der Waals surface area contributed by atoms with E-state index in [1.165, 1.54) is 0 Å². The van der Waals surface area contributed by atoms with Crippen LogP contribution in [0.15, 0.2) is 16.5 Å². The molecular formula is C10H8ClNO2. The third-order valence-corrected chi connectivity index (χ3v) is 2.16. The van der Waals surface area contributed by atoms with Crippen molar-refractivity contribution in [1.82, 2.24) is 4.98 Å². The smallest absolute Gasteiger partial charge is 0.192 e. The molecule has 0 aliphatic heterocycles. The molecule has 0 radical (unpaired) electrons. The first-order valence-corrected chi connectivity index (χ1v) is 4.57. The van der Waals surface area contributed by atoms with Gasteiger partial charge in [-0.15, -0.1) is 0 Å². The maximum absolute atomic E-state index is 10.4. The van der Waals surface area contributed by atoms with E-state index in [1.807, 2.05) is 0 Å². The molecule has 72 valence electrons. The van der Waals surface area contributed by atoms with Gasteiger partial charge in [-0.1, -0.05) is 11.6 Å². The van der Waals surface area contributed by atoms with Crippen LogP contribution in [0.25, 0.3) is 11.1 Å². The highest BCUT2D eigenvalue weighted by molar-refractivity contribution is 6.31. The first-order valence-electron chi connectivity index (χ1n) is 4.20. The molecule has 0 spiro atoms. The average Bonchev–Trinajstić information content (AvgIpc) is 2.45. The number of aromatic nitrogens is 1. The Morgan fingerprint density at radius 3 is 3.07 bits per heavy atom. The number of benzene rings is 1. The van der Waals surface area contributed by atoms with Gasteiger partial charge in [0.15, 0.2) is 11.5 Å². The topological polar surface area (TPSA) is 43.1 Å². The zero-order chi connectivity index (χ0) is 10.1. The van der Waals surface area contributed by atoms with Crippen LogP contribution in [0, 0.1) is 6.92 Å². The van der Waals surface area contributed by atoms with Gasteiger partial charge in [-0.2, -0.15) is 0 Å². The van der Waals surface area contributed by atoms with Crippen molar-refractivity contribution in [2.75, 3.05) is 0 Å². The van der Waals surface area contributed by atoms with E-state index in [0.29, 0.717) is 28.4 Å². The summed E-state index contributed by atoms with van der Waals surface area (Å²) in [7, 11) is 0. The van der Waals surface area contributed by atoms with Crippen molar-refractivity contribution >= 4 is 29.0 Å². The fraction of sp³-hybridized carbons (Fsp3) is 0.200. The van der Waals surface area contributed by atoms with Gasteiger partial charge in [0.2, 0.25) is 0 Å². The van der Waals surface area contributed by atoms with E-state index in [2.05, 4.69) is 4.98 Å². The highest BCUT2D eigenvalue weighted by Gasteiger charge is 2.08. The van der Waals surface area contributed by atoms with E-state index in [-0.39, 0.29) is 0 Å². The molecule has 0 aliphatic rings. The number of aldehydes is 1. The Kier molecular flexibility index (Phi) is 2.25.